The highest BCUT2D eigenvalue weighted by atomic mass is 16.6. The van der Waals surface area contributed by atoms with Crippen LogP contribution in [0.1, 0.15) is 13.8 Å². The Morgan fingerprint density at radius 3 is 3.00 bits per heavy atom. The minimum absolute atomic E-state index is 0.0920. The van der Waals surface area contributed by atoms with Gasteiger partial charge in [0.2, 0.25) is 6.33 Å². The van der Waals surface area contributed by atoms with Gasteiger partial charge in [0.05, 0.1) is 0 Å². The first-order valence-electron chi connectivity index (χ1n) is 5.00. The molecule has 0 saturated carbocycles. The van der Waals surface area contributed by atoms with Crippen LogP contribution in [0, 0.1) is 16.0 Å². The normalized spacial score (nSPS) is 12.7. The molecule has 1 N–H and O–H groups in total. The average Bonchev–Trinajstić information content (AvgIpc) is 2.63. The number of rotatable bonds is 6. The summed E-state index contributed by atoms with van der Waals surface area (Å²) < 4.78 is 1.75. The van der Waals surface area contributed by atoms with E-state index in [1.54, 1.807) is 4.57 Å². The van der Waals surface area contributed by atoms with E-state index in [1.165, 1.54) is 12.5 Å². The number of nitro groups is 1. The van der Waals surface area contributed by atoms with E-state index in [0.29, 0.717) is 5.92 Å². The van der Waals surface area contributed by atoms with Crippen LogP contribution in [0.25, 0.3) is 0 Å². The van der Waals surface area contributed by atoms with Gasteiger partial charge in [-0.1, -0.05) is 13.8 Å². The minimum atomic E-state index is -0.481. The molecule has 1 heterocycles. The molecule has 6 heteroatoms. The third-order valence-electron chi connectivity index (χ3n) is 2.07. The summed E-state index contributed by atoms with van der Waals surface area (Å²) in [5, 5.41) is 13.6. The van der Waals surface area contributed by atoms with Crippen LogP contribution in [0.2, 0.25) is 0 Å². The molecule has 0 radical (unpaired) electrons. The van der Waals surface area contributed by atoms with Crippen molar-refractivity contribution in [2.45, 2.75) is 20.4 Å². The molecule has 0 saturated heterocycles. The monoisotopic (exact) mass is 212 g/mol. The van der Waals surface area contributed by atoms with E-state index in [1.807, 2.05) is 0 Å². The Balaban J connectivity index is 2.46. The van der Waals surface area contributed by atoms with Crippen molar-refractivity contribution in [1.29, 1.82) is 0 Å². The van der Waals surface area contributed by atoms with Crippen LogP contribution < -0.4 is 5.32 Å². The molecule has 0 aliphatic carbocycles. The molecule has 15 heavy (non-hydrogen) atoms. The van der Waals surface area contributed by atoms with E-state index in [0.717, 1.165) is 19.6 Å². The van der Waals surface area contributed by atoms with Crippen molar-refractivity contribution in [2.24, 2.45) is 5.92 Å². The first-order valence-corrected chi connectivity index (χ1v) is 5.00. The lowest BCUT2D eigenvalue weighted by atomic mass is 10.2. The Bertz CT molecular complexity index is 324. The van der Waals surface area contributed by atoms with Crippen molar-refractivity contribution in [2.75, 3.05) is 13.1 Å². The molecule has 1 unspecified atom stereocenters. The van der Waals surface area contributed by atoms with Gasteiger partial charge in [0.1, 0.15) is 6.20 Å². The van der Waals surface area contributed by atoms with Crippen molar-refractivity contribution >= 4 is 5.82 Å². The first-order chi connectivity index (χ1) is 7.13. The summed E-state index contributed by atoms with van der Waals surface area (Å²) >= 11 is 0. The number of nitrogens with zero attached hydrogens (tertiary/aromatic N) is 3. The Morgan fingerprint density at radius 2 is 2.47 bits per heavy atom. The van der Waals surface area contributed by atoms with E-state index in [4.69, 9.17) is 0 Å². The van der Waals surface area contributed by atoms with Crippen LogP contribution in [-0.2, 0) is 6.54 Å². The molecule has 6 nitrogen and oxygen atoms in total. The van der Waals surface area contributed by atoms with Gasteiger partial charge in [0.25, 0.3) is 0 Å². The highest BCUT2D eigenvalue weighted by Gasteiger charge is 2.11. The summed E-state index contributed by atoms with van der Waals surface area (Å²) in [6, 6.07) is 0. The maximum absolute atomic E-state index is 10.4. The summed E-state index contributed by atoms with van der Waals surface area (Å²) in [4.78, 5) is 13.6. The van der Waals surface area contributed by atoms with Gasteiger partial charge in [-0.25, -0.2) is 0 Å². The Kier molecular flexibility index (Phi) is 4.23. The Morgan fingerprint density at radius 1 is 1.73 bits per heavy atom. The van der Waals surface area contributed by atoms with Crippen LogP contribution in [0.15, 0.2) is 12.5 Å². The van der Waals surface area contributed by atoms with E-state index in [2.05, 4.69) is 24.1 Å². The van der Waals surface area contributed by atoms with Gasteiger partial charge in [-0.2, -0.15) is 0 Å². The van der Waals surface area contributed by atoms with Gasteiger partial charge in [0.15, 0.2) is 0 Å². The molecule has 1 aromatic heterocycles. The highest BCUT2D eigenvalue weighted by Crippen LogP contribution is 2.07. The third kappa shape index (κ3) is 3.67. The third-order valence-corrected chi connectivity index (χ3v) is 2.07. The summed E-state index contributed by atoms with van der Waals surface area (Å²) in [7, 11) is 0. The molecule has 0 aliphatic rings. The number of hydrogen-bond donors (Lipinski definition) is 1. The van der Waals surface area contributed by atoms with Gasteiger partial charge in [-0.15, -0.1) is 0 Å². The summed E-state index contributed by atoms with van der Waals surface area (Å²) in [5.74, 6) is 0.337. The second-order valence-corrected chi connectivity index (χ2v) is 3.60. The van der Waals surface area contributed by atoms with Gasteiger partial charge in [-0.05, 0) is 28.9 Å². The van der Waals surface area contributed by atoms with Crippen LogP contribution in [0.3, 0.4) is 0 Å². The van der Waals surface area contributed by atoms with E-state index in [9.17, 15) is 10.1 Å². The van der Waals surface area contributed by atoms with E-state index in [-0.39, 0.29) is 5.82 Å². The number of hydrogen-bond acceptors (Lipinski definition) is 4. The standard InChI is InChI=1S/C9H16N4O2/c1-3-10-4-8(2)5-12-6-9(11-7-12)13(14)15/h6-8,10H,3-5H2,1-2H3. The maximum atomic E-state index is 10.4. The van der Waals surface area contributed by atoms with Crippen LogP contribution in [0.5, 0.6) is 0 Å². The van der Waals surface area contributed by atoms with Crippen molar-refractivity contribution in [3.05, 3.63) is 22.6 Å². The molecule has 0 bridgehead atoms. The van der Waals surface area contributed by atoms with E-state index < -0.39 is 4.92 Å². The van der Waals surface area contributed by atoms with Gasteiger partial charge < -0.3 is 20.0 Å². The van der Waals surface area contributed by atoms with Gasteiger partial charge in [-0.3, -0.25) is 0 Å². The zero-order valence-electron chi connectivity index (χ0n) is 9.01. The lowest BCUT2D eigenvalue weighted by molar-refractivity contribution is -0.389. The molecule has 0 amide bonds. The largest absolute Gasteiger partial charge is 0.381 e. The molecular formula is C9H16N4O2. The second kappa shape index (κ2) is 5.45. The molecule has 84 valence electrons. The molecule has 0 fully saturated rings. The molecule has 0 aromatic carbocycles. The molecular weight excluding hydrogens is 196 g/mol. The zero-order valence-corrected chi connectivity index (χ0v) is 9.01. The fraction of sp³-hybridized carbons (Fsp3) is 0.667. The lowest BCUT2D eigenvalue weighted by Crippen LogP contribution is -2.23. The van der Waals surface area contributed by atoms with Crippen molar-refractivity contribution in [1.82, 2.24) is 14.9 Å². The van der Waals surface area contributed by atoms with Crippen LogP contribution in [-0.4, -0.2) is 27.6 Å². The summed E-state index contributed by atoms with van der Waals surface area (Å²) in [6.45, 7) is 6.73. The molecule has 0 aliphatic heterocycles. The highest BCUT2D eigenvalue weighted by molar-refractivity contribution is 5.12. The number of nitrogens with one attached hydrogen (secondary N) is 1. The smallest absolute Gasteiger partial charge is 0.358 e. The van der Waals surface area contributed by atoms with E-state index >= 15 is 0 Å². The van der Waals surface area contributed by atoms with Gasteiger partial charge in [0, 0.05) is 6.54 Å². The quantitative estimate of drug-likeness (QED) is 0.564. The first kappa shape index (κ1) is 11.6. The summed E-state index contributed by atoms with van der Waals surface area (Å²) in [6.07, 6.45) is 2.96. The predicted octanol–water partition coefficient (Wildman–Crippen LogP) is 1.04. The zero-order chi connectivity index (χ0) is 11.3. The number of imidazole rings is 1. The van der Waals surface area contributed by atoms with Crippen molar-refractivity contribution in [3.8, 4) is 0 Å². The van der Waals surface area contributed by atoms with Gasteiger partial charge >= 0.3 is 5.82 Å². The molecule has 1 aromatic rings. The summed E-state index contributed by atoms with van der Waals surface area (Å²) in [5.41, 5.74) is 0. The average molecular weight is 212 g/mol. The van der Waals surface area contributed by atoms with Crippen LogP contribution in [0.4, 0.5) is 5.82 Å². The SMILES string of the molecule is CCNCC(C)Cn1cnc([N+](=O)[O-])c1. The van der Waals surface area contributed by atoms with Crippen molar-refractivity contribution in [3.63, 3.8) is 0 Å². The van der Waals surface area contributed by atoms with Crippen molar-refractivity contribution < 1.29 is 4.92 Å². The number of aromatic nitrogens is 2. The molecule has 1 atom stereocenters. The molecule has 1 rings (SSSR count). The second-order valence-electron chi connectivity index (χ2n) is 3.60. The fourth-order valence-electron chi connectivity index (χ4n) is 1.36. The Labute approximate surface area is 88.5 Å². The minimum Gasteiger partial charge on any atom is -0.358 e. The Hall–Kier alpha value is -1.43. The lowest BCUT2D eigenvalue weighted by Gasteiger charge is -2.10. The predicted molar refractivity (Wildman–Crippen MR) is 56.6 cm³/mol. The maximum Gasteiger partial charge on any atom is 0.381 e. The van der Waals surface area contributed by atoms with Crippen LogP contribution >= 0.6 is 0 Å². The fourth-order valence-corrected chi connectivity index (χ4v) is 1.36. The topological polar surface area (TPSA) is 73.0 Å². The molecule has 0 spiro atoms.